The van der Waals surface area contributed by atoms with E-state index in [4.69, 9.17) is 5.73 Å². The molecule has 1 unspecified atom stereocenters. The van der Waals surface area contributed by atoms with Gasteiger partial charge in [-0.2, -0.15) is 0 Å². The van der Waals surface area contributed by atoms with Gasteiger partial charge in [-0.05, 0) is 31.9 Å². The van der Waals surface area contributed by atoms with Crippen molar-refractivity contribution in [1.82, 2.24) is 4.98 Å². The largest absolute Gasteiger partial charge is 0.370 e. The molecular weight excluding hydrogens is 181 g/mol. The summed E-state index contributed by atoms with van der Waals surface area (Å²) in [7, 11) is 0. The number of halogens is 1. The Bertz CT molecular complexity index is 259. The van der Waals surface area contributed by atoms with E-state index in [9.17, 15) is 4.39 Å². The molecule has 0 bridgehead atoms. The Hall–Kier alpha value is -1.16. The summed E-state index contributed by atoms with van der Waals surface area (Å²) in [6.45, 7) is 2.80. The van der Waals surface area contributed by atoms with Crippen molar-refractivity contribution in [2.75, 3.05) is 11.9 Å². The average molecular weight is 197 g/mol. The SMILES string of the molecule is CC(N)CCCNc1ccc(F)cn1. The molecule has 0 aliphatic carbocycles. The number of hydrogen-bond donors (Lipinski definition) is 2. The van der Waals surface area contributed by atoms with Crippen molar-refractivity contribution in [2.45, 2.75) is 25.8 Å². The predicted octanol–water partition coefficient (Wildman–Crippen LogP) is 1.76. The molecule has 0 saturated heterocycles. The highest BCUT2D eigenvalue weighted by molar-refractivity contribution is 5.33. The van der Waals surface area contributed by atoms with Crippen LogP contribution in [-0.2, 0) is 0 Å². The Morgan fingerprint density at radius 3 is 2.93 bits per heavy atom. The summed E-state index contributed by atoms with van der Waals surface area (Å²) in [4.78, 5) is 3.88. The third kappa shape index (κ3) is 4.18. The molecular formula is C10H16FN3. The van der Waals surface area contributed by atoms with Crippen LogP contribution >= 0.6 is 0 Å². The van der Waals surface area contributed by atoms with E-state index in [0.29, 0.717) is 5.82 Å². The van der Waals surface area contributed by atoms with Gasteiger partial charge in [-0.1, -0.05) is 0 Å². The Balaban J connectivity index is 2.21. The van der Waals surface area contributed by atoms with Crippen molar-refractivity contribution in [3.05, 3.63) is 24.1 Å². The smallest absolute Gasteiger partial charge is 0.141 e. The van der Waals surface area contributed by atoms with Crippen LogP contribution in [0.4, 0.5) is 10.2 Å². The summed E-state index contributed by atoms with van der Waals surface area (Å²) in [5, 5.41) is 3.09. The fourth-order valence-electron chi connectivity index (χ4n) is 1.12. The minimum atomic E-state index is -0.314. The molecule has 0 amide bonds. The van der Waals surface area contributed by atoms with Gasteiger partial charge in [0.25, 0.3) is 0 Å². The highest BCUT2D eigenvalue weighted by Gasteiger charge is 1.96. The lowest BCUT2D eigenvalue weighted by Crippen LogP contribution is -2.16. The lowest BCUT2D eigenvalue weighted by molar-refractivity contribution is 0.621. The molecule has 1 heterocycles. The molecule has 1 atom stereocenters. The van der Waals surface area contributed by atoms with Crippen molar-refractivity contribution in [3.63, 3.8) is 0 Å². The van der Waals surface area contributed by atoms with Gasteiger partial charge in [0.1, 0.15) is 11.6 Å². The van der Waals surface area contributed by atoms with Crippen LogP contribution in [0.3, 0.4) is 0 Å². The number of aromatic nitrogens is 1. The first-order valence-electron chi connectivity index (χ1n) is 4.79. The van der Waals surface area contributed by atoms with Crippen LogP contribution in [0.15, 0.2) is 18.3 Å². The highest BCUT2D eigenvalue weighted by atomic mass is 19.1. The second-order valence-corrected chi connectivity index (χ2v) is 3.41. The average Bonchev–Trinajstić information content (AvgIpc) is 2.15. The van der Waals surface area contributed by atoms with Gasteiger partial charge in [-0.3, -0.25) is 0 Å². The number of rotatable bonds is 5. The molecule has 0 radical (unpaired) electrons. The van der Waals surface area contributed by atoms with Crippen LogP contribution in [-0.4, -0.2) is 17.6 Å². The lowest BCUT2D eigenvalue weighted by Gasteiger charge is -2.06. The number of anilines is 1. The van der Waals surface area contributed by atoms with Gasteiger partial charge in [0.15, 0.2) is 0 Å². The van der Waals surface area contributed by atoms with Crippen LogP contribution in [0.25, 0.3) is 0 Å². The monoisotopic (exact) mass is 197 g/mol. The number of nitrogens with zero attached hydrogens (tertiary/aromatic N) is 1. The molecule has 0 spiro atoms. The first kappa shape index (κ1) is 10.9. The molecule has 0 aromatic carbocycles. The zero-order chi connectivity index (χ0) is 10.4. The maximum atomic E-state index is 12.5. The van der Waals surface area contributed by atoms with Gasteiger partial charge in [-0.25, -0.2) is 9.37 Å². The van der Waals surface area contributed by atoms with E-state index >= 15 is 0 Å². The number of hydrogen-bond acceptors (Lipinski definition) is 3. The van der Waals surface area contributed by atoms with Crippen LogP contribution in [0.2, 0.25) is 0 Å². The van der Waals surface area contributed by atoms with Crippen LogP contribution < -0.4 is 11.1 Å². The lowest BCUT2D eigenvalue weighted by atomic mass is 10.2. The van der Waals surface area contributed by atoms with E-state index in [-0.39, 0.29) is 11.9 Å². The molecule has 78 valence electrons. The first-order valence-corrected chi connectivity index (χ1v) is 4.79. The second-order valence-electron chi connectivity index (χ2n) is 3.41. The van der Waals surface area contributed by atoms with Crippen LogP contribution in [0, 0.1) is 5.82 Å². The van der Waals surface area contributed by atoms with E-state index in [1.807, 2.05) is 6.92 Å². The normalized spacial score (nSPS) is 12.5. The predicted molar refractivity (Wildman–Crippen MR) is 55.6 cm³/mol. The molecule has 1 rings (SSSR count). The van der Waals surface area contributed by atoms with Crippen LogP contribution in [0.1, 0.15) is 19.8 Å². The summed E-state index contributed by atoms with van der Waals surface area (Å²) in [5.41, 5.74) is 5.60. The number of pyridine rings is 1. The first-order chi connectivity index (χ1) is 6.68. The Morgan fingerprint density at radius 1 is 1.57 bits per heavy atom. The van der Waals surface area contributed by atoms with Gasteiger partial charge >= 0.3 is 0 Å². The van der Waals surface area contributed by atoms with E-state index in [1.54, 1.807) is 6.07 Å². The van der Waals surface area contributed by atoms with Crippen LogP contribution in [0.5, 0.6) is 0 Å². The Kier molecular flexibility index (Phi) is 4.32. The van der Waals surface area contributed by atoms with Gasteiger partial charge in [-0.15, -0.1) is 0 Å². The molecule has 1 aromatic heterocycles. The van der Waals surface area contributed by atoms with Crippen molar-refractivity contribution in [1.29, 1.82) is 0 Å². The molecule has 0 aliphatic rings. The minimum absolute atomic E-state index is 0.234. The molecule has 4 heteroatoms. The van der Waals surface area contributed by atoms with E-state index in [2.05, 4.69) is 10.3 Å². The zero-order valence-electron chi connectivity index (χ0n) is 8.33. The van der Waals surface area contributed by atoms with Gasteiger partial charge in [0, 0.05) is 12.6 Å². The summed E-state index contributed by atoms with van der Waals surface area (Å²) in [6, 6.07) is 3.25. The summed E-state index contributed by atoms with van der Waals surface area (Å²) < 4.78 is 12.5. The molecule has 3 N–H and O–H groups in total. The molecule has 14 heavy (non-hydrogen) atoms. The maximum absolute atomic E-state index is 12.5. The Labute approximate surface area is 83.5 Å². The summed E-state index contributed by atoms with van der Waals surface area (Å²) >= 11 is 0. The molecule has 1 aromatic rings. The topological polar surface area (TPSA) is 50.9 Å². The second kappa shape index (κ2) is 5.54. The van der Waals surface area contributed by atoms with Crippen molar-refractivity contribution >= 4 is 5.82 Å². The van der Waals surface area contributed by atoms with Crippen molar-refractivity contribution in [2.24, 2.45) is 5.73 Å². The number of nitrogens with two attached hydrogens (primary N) is 1. The third-order valence-electron chi connectivity index (χ3n) is 1.87. The zero-order valence-corrected chi connectivity index (χ0v) is 8.33. The van der Waals surface area contributed by atoms with Gasteiger partial charge in [0.2, 0.25) is 0 Å². The molecule has 0 saturated carbocycles. The fourth-order valence-corrected chi connectivity index (χ4v) is 1.12. The van der Waals surface area contributed by atoms with Crippen molar-refractivity contribution in [3.8, 4) is 0 Å². The standard InChI is InChI=1S/C10H16FN3/c1-8(12)3-2-6-13-10-5-4-9(11)7-14-10/h4-5,7-8H,2-3,6,12H2,1H3,(H,13,14). The summed E-state index contributed by atoms with van der Waals surface area (Å²) in [6.07, 6.45) is 3.18. The van der Waals surface area contributed by atoms with Crippen molar-refractivity contribution < 1.29 is 4.39 Å². The Morgan fingerprint density at radius 2 is 2.36 bits per heavy atom. The molecule has 3 nitrogen and oxygen atoms in total. The van der Waals surface area contributed by atoms with E-state index < -0.39 is 0 Å². The summed E-state index contributed by atoms with van der Waals surface area (Å²) in [5.74, 6) is 0.391. The number of nitrogens with one attached hydrogen (secondary N) is 1. The molecule has 0 fully saturated rings. The van der Waals surface area contributed by atoms with E-state index in [0.717, 1.165) is 19.4 Å². The highest BCUT2D eigenvalue weighted by Crippen LogP contribution is 2.03. The quantitative estimate of drug-likeness (QED) is 0.707. The molecule has 0 aliphatic heterocycles. The van der Waals surface area contributed by atoms with Gasteiger partial charge in [0.05, 0.1) is 6.20 Å². The fraction of sp³-hybridized carbons (Fsp3) is 0.500. The van der Waals surface area contributed by atoms with E-state index in [1.165, 1.54) is 12.3 Å². The van der Waals surface area contributed by atoms with Gasteiger partial charge < -0.3 is 11.1 Å². The minimum Gasteiger partial charge on any atom is -0.370 e. The third-order valence-corrected chi connectivity index (χ3v) is 1.87. The maximum Gasteiger partial charge on any atom is 0.141 e.